The van der Waals surface area contributed by atoms with Gasteiger partial charge in [-0.05, 0) is 142 Å². The number of likely N-dealkylation sites (N-methyl/N-ethyl adjacent to an activating group) is 1. The zero-order valence-corrected chi connectivity index (χ0v) is 42.6. The van der Waals surface area contributed by atoms with Crippen LogP contribution in [-0.4, -0.2) is 112 Å². The molecule has 9 rings (SSSR count). The van der Waals surface area contributed by atoms with Crippen molar-refractivity contribution in [2.45, 2.75) is 77.9 Å². The topological polar surface area (TPSA) is 151 Å². The number of carbonyl (C=O) groups excluding carboxylic acids is 3. The summed E-state index contributed by atoms with van der Waals surface area (Å²) in [7, 11) is 5.72. The Morgan fingerprint density at radius 2 is 1.53 bits per heavy atom. The summed E-state index contributed by atoms with van der Waals surface area (Å²) in [6.07, 6.45) is 5.96. The fourth-order valence-electron chi connectivity index (χ4n) is 10.6. The zero-order chi connectivity index (χ0) is 50.5. The molecule has 3 aliphatic rings. The Hall–Kier alpha value is -6.87. The Morgan fingerprint density at radius 3 is 2.25 bits per heavy atom. The number of aromatic nitrogens is 2. The molecule has 1 atom stereocenters. The highest BCUT2D eigenvalue weighted by Gasteiger charge is 2.36. The van der Waals surface area contributed by atoms with E-state index in [1.807, 2.05) is 91.5 Å². The van der Waals surface area contributed by atoms with Crippen molar-refractivity contribution in [3.05, 3.63) is 147 Å². The van der Waals surface area contributed by atoms with E-state index in [-0.39, 0.29) is 35.9 Å². The standard InChI is InChI=1S/C58H70N8O6/c1-39-50(58(70)66(46-16-18-48(67)19-17-46)53-35-55(59)62(5)40(53)2)34-54(61(39)4)51-32-43-22-26-64(56(68)30-41-14-20-49(21-15-41)72-28-11-27-71-29-23-60-3)36-45(43)33-52(51)57(69)65-37-44-13-8-7-12-42(44)31-47(65)38-63-24-9-6-10-25-63/h7-8,12-21,32-35,47,60,67H,6,9-11,22-31,36-38,59H2,1-5H3. The van der Waals surface area contributed by atoms with Gasteiger partial charge in [-0.3, -0.25) is 19.3 Å². The molecule has 0 spiro atoms. The lowest BCUT2D eigenvalue weighted by molar-refractivity contribution is -0.131. The second-order valence-electron chi connectivity index (χ2n) is 19.7. The van der Waals surface area contributed by atoms with Crippen molar-refractivity contribution in [3.8, 4) is 22.8 Å². The summed E-state index contributed by atoms with van der Waals surface area (Å²) in [6, 6.07) is 30.6. The lowest BCUT2D eigenvalue weighted by atomic mass is 9.89. The number of rotatable bonds is 17. The van der Waals surface area contributed by atoms with Crippen molar-refractivity contribution in [2.75, 3.05) is 70.2 Å². The third-order valence-electron chi connectivity index (χ3n) is 15.1. The number of nitrogens with zero attached hydrogens (tertiary/aromatic N) is 6. The number of likely N-dealkylation sites (tertiary alicyclic amines) is 1. The van der Waals surface area contributed by atoms with Gasteiger partial charge in [-0.2, -0.15) is 0 Å². The number of carbonyl (C=O) groups is 3. The minimum atomic E-state index is -0.272. The monoisotopic (exact) mass is 975 g/mol. The van der Waals surface area contributed by atoms with E-state index in [2.05, 4.69) is 39.4 Å². The lowest BCUT2D eigenvalue weighted by Crippen LogP contribution is -2.51. The van der Waals surface area contributed by atoms with Crippen LogP contribution in [0.5, 0.6) is 11.5 Å². The van der Waals surface area contributed by atoms with Gasteiger partial charge in [0.25, 0.3) is 11.8 Å². The summed E-state index contributed by atoms with van der Waals surface area (Å²) in [4.78, 5) is 53.2. The smallest absolute Gasteiger partial charge is 0.264 e. The van der Waals surface area contributed by atoms with Crippen LogP contribution < -0.4 is 20.7 Å². The van der Waals surface area contributed by atoms with E-state index in [0.717, 1.165) is 103 Å². The molecule has 1 saturated heterocycles. The Kier molecular flexibility index (Phi) is 15.5. The molecule has 1 fully saturated rings. The van der Waals surface area contributed by atoms with E-state index in [1.54, 1.807) is 35.2 Å². The van der Waals surface area contributed by atoms with Crippen molar-refractivity contribution < 1.29 is 29.0 Å². The number of benzene rings is 4. The number of anilines is 3. The van der Waals surface area contributed by atoms with E-state index in [9.17, 15) is 9.90 Å². The second kappa shape index (κ2) is 22.3. The van der Waals surface area contributed by atoms with Crippen LogP contribution in [0.3, 0.4) is 0 Å². The summed E-state index contributed by atoms with van der Waals surface area (Å²) in [5.41, 5.74) is 17.0. The van der Waals surface area contributed by atoms with E-state index in [0.29, 0.717) is 74.2 Å². The van der Waals surface area contributed by atoms with Crippen molar-refractivity contribution in [1.82, 2.24) is 29.2 Å². The van der Waals surface area contributed by atoms with Gasteiger partial charge < -0.3 is 49.5 Å². The molecule has 378 valence electrons. The molecular weight excluding hydrogens is 905 g/mol. The molecule has 1 unspecified atom stereocenters. The average Bonchev–Trinajstić information content (AvgIpc) is 3.83. The SMILES string of the molecule is CNCCOCCCOc1ccc(CC(=O)N2CCc3cc(-c4cc(C(=O)N(c5ccc(O)cc5)c5cc(N)n(C)c5C)c(C)n4C)c(C(=O)N4Cc5ccccc5CC4CN4CCCCC4)cc3C2)cc1. The summed E-state index contributed by atoms with van der Waals surface area (Å²) in [5, 5.41) is 13.3. The van der Waals surface area contributed by atoms with Crippen LogP contribution in [0.2, 0.25) is 0 Å². The molecule has 5 heterocycles. The van der Waals surface area contributed by atoms with E-state index in [4.69, 9.17) is 15.2 Å². The maximum Gasteiger partial charge on any atom is 0.264 e. The number of amides is 3. The van der Waals surface area contributed by atoms with Crippen LogP contribution in [0, 0.1) is 13.8 Å². The number of piperidine rings is 1. The number of hydrogen-bond acceptors (Lipinski definition) is 9. The predicted molar refractivity (Wildman–Crippen MR) is 283 cm³/mol. The molecule has 0 aliphatic carbocycles. The molecule has 14 nitrogen and oxygen atoms in total. The average molecular weight is 975 g/mol. The number of nitrogen functional groups attached to an aromatic ring is 1. The number of hydrogen-bond donors (Lipinski definition) is 3. The summed E-state index contributed by atoms with van der Waals surface area (Å²) < 4.78 is 15.4. The molecule has 3 aliphatic heterocycles. The molecule has 0 radical (unpaired) electrons. The third-order valence-corrected chi connectivity index (χ3v) is 15.1. The molecule has 0 saturated carbocycles. The fraction of sp³-hybridized carbons (Fsp3) is 0.397. The highest BCUT2D eigenvalue weighted by molar-refractivity contribution is 6.13. The quantitative estimate of drug-likeness (QED) is 0.0771. The van der Waals surface area contributed by atoms with Gasteiger partial charge >= 0.3 is 0 Å². The van der Waals surface area contributed by atoms with Gasteiger partial charge in [0.05, 0.1) is 30.9 Å². The van der Waals surface area contributed by atoms with Crippen LogP contribution in [0.25, 0.3) is 11.3 Å². The van der Waals surface area contributed by atoms with Crippen molar-refractivity contribution >= 4 is 34.9 Å². The first-order chi connectivity index (χ1) is 34.9. The van der Waals surface area contributed by atoms with Gasteiger partial charge in [0.1, 0.15) is 17.3 Å². The van der Waals surface area contributed by atoms with Crippen LogP contribution >= 0.6 is 0 Å². The number of phenols is 1. The number of ether oxygens (including phenoxy) is 2. The highest BCUT2D eigenvalue weighted by atomic mass is 16.5. The van der Waals surface area contributed by atoms with E-state index < -0.39 is 0 Å². The second-order valence-corrected chi connectivity index (χ2v) is 19.7. The molecule has 72 heavy (non-hydrogen) atoms. The van der Waals surface area contributed by atoms with Gasteiger partial charge in [-0.1, -0.05) is 42.8 Å². The van der Waals surface area contributed by atoms with Gasteiger partial charge in [0.15, 0.2) is 0 Å². The largest absolute Gasteiger partial charge is 0.508 e. The fourth-order valence-corrected chi connectivity index (χ4v) is 10.6. The van der Waals surface area contributed by atoms with Crippen LogP contribution in [-0.2, 0) is 56.0 Å². The van der Waals surface area contributed by atoms with Crippen LogP contribution in [0.1, 0.15) is 85.6 Å². The maximum absolute atomic E-state index is 15.8. The summed E-state index contributed by atoms with van der Waals surface area (Å²) in [6.45, 7) is 10.8. The minimum absolute atomic E-state index is 0.0222. The van der Waals surface area contributed by atoms with E-state index >= 15 is 9.59 Å². The molecule has 0 bridgehead atoms. The Bertz CT molecular complexity index is 2900. The maximum atomic E-state index is 15.8. The molecule has 4 N–H and O–H groups in total. The minimum Gasteiger partial charge on any atom is -0.508 e. The van der Waals surface area contributed by atoms with Crippen LogP contribution in [0.4, 0.5) is 17.2 Å². The predicted octanol–water partition coefficient (Wildman–Crippen LogP) is 8.10. The first-order valence-corrected chi connectivity index (χ1v) is 25.6. The van der Waals surface area contributed by atoms with Crippen molar-refractivity contribution in [2.24, 2.45) is 14.1 Å². The molecule has 14 heteroatoms. The summed E-state index contributed by atoms with van der Waals surface area (Å²) >= 11 is 0. The van der Waals surface area contributed by atoms with Crippen molar-refractivity contribution in [3.63, 3.8) is 0 Å². The normalized spacial score (nSPS) is 15.8. The van der Waals surface area contributed by atoms with Crippen molar-refractivity contribution in [1.29, 1.82) is 0 Å². The van der Waals surface area contributed by atoms with Gasteiger partial charge in [-0.15, -0.1) is 0 Å². The van der Waals surface area contributed by atoms with Gasteiger partial charge in [-0.25, -0.2) is 0 Å². The molecular formula is C58H70N8O6. The Morgan fingerprint density at radius 1 is 0.778 bits per heavy atom. The van der Waals surface area contributed by atoms with Gasteiger partial charge in [0.2, 0.25) is 5.91 Å². The molecule has 6 aromatic rings. The Balaban J connectivity index is 1.05. The molecule has 4 aromatic carbocycles. The highest BCUT2D eigenvalue weighted by Crippen LogP contribution is 2.39. The summed E-state index contributed by atoms with van der Waals surface area (Å²) in [5.74, 6) is 1.04. The number of aromatic hydroxyl groups is 1. The number of phenolic OH excluding ortho intramolecular Hbond substituents is 1. The first kappa shape index (κ1) is 50.1. The van der Waals surface area contributed by atoms with E-state index in [1.165, 1.54) is 12.0 Å². The molecule has 3 amide bonds. The zero-order valence-electron chi connectivity index (χ0n) is 42.6. The number of fused-ring (bicyclic) bond motifs is 2. The number of nitrogens with two attached hydrogens (primary N) is 1. The third kappa shape index (κ3) is 10.8. The van der Waals surface area contributed by atoms with Crippen LogP contribution in [0.15, 0.2) is 97.1 Å². The van der Waals surface area contributed by atoms with Gasteiger partial charge in [0, 0.05) is 106 Å². The molecule has 2 aromatic heterocycles. The number of nitrogens with one attached hydrogen (secondary N) is 1. The lowest BCUT2D eigenvalue weighted by Gasteiger charge is -2.41. The first-order valence-electron chi connectivity index (χ1n) is 25.6. The Labute approximate surface area is 423 Å².